The molecular formula is C11H15ClN2O2S. The number of aryl methyl sites for hydroxylation is 1. The third kappa shape index (κ3) is 2.84. The van der Waals surface area contributed by atoms with Crippen molar-refractivity contribution in [1.82, 2.24) is 9.78 Å². The van der Waals surface area contributed by atoms with Gasteiger partial charge in [-0.1, -0.05) is 18.5 Å². The number of carbonyl (C=O) groups excluding carboxylic acids is 1. The first-order valence-corrected chi connectivity index (χ1v) is 7.22. The molecule has 0 amide bonds. The number of nitrogens with zero attached hydrogens (tertiary/aromatic N) is 2. The number of ether oxygens (including phenoxy) is 1. The lowest BCUT2D eigenvalue weighted by molar-refractivity contribution is 0.0508. The lowest BCUT2D eigenvalue weighted by Gasteiger charge is -2.21. The third-order valence-electron chi connectivity index (χ3n) is 2.57. The summed E-state index contributed by atoms with van der Waals surface area (Å²) in [6.07, 6.45) is 2.07. The van der Waals surface area contributed by atoms with Gasteiger partial charge >= 0.3 is 0 Å². The van der Waals surface area contributed by atoms with E-state index < -0.39 is 0 Å². The summed E-state index contributed by atoms with van der Waals surface area (Å²) in [5, 5.41) is 4.54. The highest BCUT2D eigenvalue weighted by Gasteiger charge is 2.28. The average molecular weight is 275 g/mol. The molecule has 4 nitrogen and oxygen atoms in total. The third-order valence-corrected chi connectivity index (χ3v) is 3.84. The first-order valence-electron chi connectivity index (χ1n) is 5.69. The van der Waals surface area contributed by atoms with Crippen LogP contribution in [0.15, 0.2) is 6.20 Å². The Morgan fingerprint density at radius 1 is 1.76 bits per heavy atom. The van der Waals surface area contributed by atoms with E-state index in [2.05, 4.69) is 5.10 Å². The Bertz CT molecular complexity index is 402. The van der Waals surface area contributed by atoms with Gasteiger partial charge in [-0.15, -0.1) is 0 Å². The van der Waals surface area contributed by atoms with Crippen LogP contribution in [0.4, 0.5) is 0 Å². The molecule has 2 rings (SSSR count). The van der Waals surface area contributed by atoms with E-state index in [1.165, 1.54) is 6.20 Å². The molecule has 1 aliphatic heterocycles. The molecule has 1 fully saturated rings. The fourth-order valence-electron chi connectivity index (χ4n) is 1.78. The van der Waals surface area contributed by atoms with Gasteiger partial charge in [0.05, 0.1) is 17.8 Å². The molecule has 2 heterocycles. The van der Waals surface area contributed by atoms with Gasteiger partial charge in [0.2, 0.25) is 5.78 Å². The van der Waals surface area contributed by atoms with Gasteiger partial charge < -0.3 is 4.74 Å². The number of rotatable bonds is 4. The van der Waals surface area contributed by atoms with E-state index in [1.54, 1.807) is 16.4 Å². The number of hydrogen-bond acceptors (Lipinski definition) is 4. The standard InChI is InChI=1S/C11H15ClN2O2S/c1-2-3-14-10(8(12)6-13-14)11(15)9-7-17-5-4-16-9/h6,9H,2-5,7H2,1H3. The Labute approximate surface area is 110 Å². The first kappa shape index (κ1) is 12.9. The molecule has 0 radical (unpaired) electrons. The van der Waals surface area contributed by atoms with Crippen molar-refractivity contribution < 1.29 is 9.53 Å². The van der Waals surface area contributed by atoms with E-state index in [-0.39, 0.29) is 11.9 Å². The molecule has 1 unspecified atom stereocenters. The molecule has 17 heavy (non-hydrogen) atoms. The second-order valence-electron chi connectivity index (χ2n) is 3.86. The predicted octanol–water partition coefficient (Wildman–Crippen LogP) is 2.26. The van der Waals surface area contributed by atoms with E-state index in [4.69, 9.17) is 16.3 Å². The summed E-state index contributed by atoms with van der Waals surface area (Å²) in [4.78, 5) is 12.3. The van der Waals surface area contributed by atoms with Crippen molar-refractivity contribution in [3.63, 3.8) is 0 Å². The van der Waals surface area contributed by atoms with Gasteiger partial charge in [0.15, 0.2) is 0 Å². The van der Waals surface area contributed by atoms with Crippen LogP contribution in [0, 0.1) is 0 Å². The highest BCUT2D eigenvalue weighted by Crippen LogP contribution is 2.22. The van der Waals surface area contributed by atoms with Crippen LogP contribution in [0.3, 0.4) is 0 Å². The van der Waals surface area contributed by atoms with Gasteiger partial charge in [0, 0.05) is 18.1 Å². The molecule has 1 aromatic heterocycles. The zero-order valence-electron chi connectivity index (χ0n) is 9.69. The van der Waals surface area contributed by atoms with Gasteiger partial charge in [-0.25, -0.2) is 0 Å². The Hall–Kier alpha value is -0.520. The van der Waals surface area contributed by atoms with Crippen molar-refractivity contribution in [1.29, 1.82) is 0 Å². The second-order valence-corrected chi connectivity index (χ2v) is 5.42. The summed E-state index contributed by atoms with van der Waals surface area (Å²) >= 11 is 7.76. The molecule has 0 aliphatic carbocycles. The number of thioether (sulfide) groups is 1. The summed E-state index contributed by atoms with van der Waals surface area (Å²) in [6.45, 7) is 3.37. The maximum absolute atomic E-state index is 12.3. The normalized spacial score (nSPS) is 20.5. The molecule has 1 aliphatic rings. The van der Waals surface area contributed by atoms with Crippen LogP contribution < -0.4 is 0 Å². The van der Waals surface area contributed by atoms with Crippen LogP contribution in [-0.4, -0.2) is 39.8 Å². The molecule has 6 heteroatoms. The van der Waals surface area contributed by atoms with E-state index >= 15 is 0 Å². The van der Waals surface area contributed by atoms with Gasteiger partial charge in [0.1, 0.15) is 11.8 Å². The molecule has 1 aromatic rings. The van der Waals surface area contributed by atoms with Gasteiger partial charge in [-0.3, -0.25) is 9.48 Å². The second kappa shape index (κ2) is 5.89. The molecule has 0 saturated carbocycles. The minimum atomic E-state index is -0.376. The zero-order chi connectivity index (χ0) is 12.3. The van der Waals surface area contributed by atoms with Crippen molar-refractivity contribution in [2.24, 2.45) is 0 Å². The number of carbonyl (C=O) groups is 1. The zero-order valence-corrected chi connectivity index (χ0v) is 11.3. The Kier molecular flexibility index (Phi) is 4.48. The number of halogens is 1. The van der Waals surface area contributed by atoms with Crippen LogP contribution >= 0.6 is 23.4 Å². The van der Waals surface area contributed by atoms with Crippen molar-refractivity contribution in [3.8, 4) is 0 Å². The number of ketones is 1. The van der Waals surface area contributed by atoms with E-state index in [1.807, 2.05) is 6.92 Å². The van der Waals surface area contributed by atoms with E-state index in [0.29, 0.717) is 29.6 Å². The Balaban J connectivity index is 2.19. The smallest absolute Gasteiger partial charge is 0.211 e. The monoisotopic (exact) mass is 274 g/mol. The lowest BCUT2D eigenvalue weighted by Crippen LogP contribution is -2.33. The highest BCUT2D eigenvalue weighted by molar-refractivity contribution is 7.99. The SMILES string of the molecule is CCCn1ncc(Cl)c1C(=O)C1CSCCO1. The first-order chi connectivity index (χ1) is 8.24. The molecule has 0 N–H and O–H groups in total. The molecular weight excluding hydrogens is 260 g/mol. The largest absolute Gasteiger partial charge is 0.368 e. The molecule has 0 bridgehead atoms. The lowest BCUT2D eigenvalue weighted by atomic mass is 10.2. The predicted molar refractivity (Wildman–Crippen MR) is 68.9 cm³/mol. The molecule has 0 spiro atoms. The van der Waals surface area contributed by atoms with Gasteiger partial charge in [0.25, 0.3) is 0 Å². The van der Waals surface area contributed by atoms with Crippen LogP contribution in [0.5, 0.6) is 0 Å². The molecule has 1 saturated heterocycles. The topological polar surface area (TPSA) is 44.1 Å². The summed E-state index contributed by atoms with van der Waals surface area (Å²) in [5.41, 5.74) is 0.487. The summed E-state index contributed by atoms with van der Waals surface area (Å²) in [6, 6.07) is 0. The van der Waals surface area contributed by atoms with Crippen LogP contribution in [0.2, 0.25) is 5.02 Å². The van der Waals surface area contributed by atoms with Crippen LogP contribution in [0.1, 0.15) is 23.8 Å². The number of Topliss-reactive ketones (excluding diaryl/α,β-unsaturated/α-hetero) is 1. The summed E-state index contributed by atoms with van der Waals surface area (Å²) in [7, 11) is 0. The molecule has 94 valence electrons. The Morgan fingerprint density at radius 3 is 3.24 bits per heavy atom. The van der Waals surface area contributed by atoms with Crippen molar-refractivity contribution >= 4 is 29.1 Å². The molecule has 0 aromatic carbocycles. The van der Waals surface area contributed by atoms with Gasteiger partial charge in [-0.05, 0) is 6.42 Å². The minimum Gasteiger partial charge on any atom is -0.368 e. The maximum atomic E-state index is 12.3. The van der Waals surface area contributed by atoms with Crippen molar-refractivity contribution in [2.45, 2.75) is 26.0 Å². The fourth-order valence-corrected chi connectivity index (χ4v) is 2.86. The number of aromatic nitrogens is 2. The number of hydrogen-bond donors (Lipinski definition) is 0. The van der Waals surface area contributed by atoms with Gasteiger partial charge in [-0.2, -0.15) is 16.9 Å². The van der Waals surface area contributed by atoms with E-state index in [9.17, 15) is 4.79 Å². The highest BCUT2D eigenvalue weighted by atomic mass is 35.5. The van der Waals surface area contributed by atoms with Crippen LogP contribution in [-0.2, 0) is 11.3 Å². The minimum absolute atomic E-state index is 0.0480. The summed E-state index contributed by atoms with van der Waals surface area (Å²) < 4.78 is 7.16. The quantitative estimate of drug-likeness (QED) is 0.790. The maximum Gasteiger partial charge on any atom is 0.211 e. The average Bonchev–Trinajstić information content (AvgIpc) is 2.71. The van der Waals surface area contributed by atoms with Crippen molar-refractivity contribution in [2.75, 3.05) is 18.1 Å². The summed E-state index contributed by atoms with van der Waals surface area (Å²) in [5.74, 6) is 1.60. The van der Waals surface area contributed by atoms with E-state index in [0.717, 1.165) is 12.2 Å². The Morgan fingerprint density at radius 2 is 2.59 bits per heavy atom. The van der Waals surface area contributed by atoms with Crippen LogP contribution in [0.25, 0.3) is 0 Å². The molecule has 1 atom stereocenters. The van der Waals surface area contributed by atoms with Crippen molar-refractivity contribution in [3.05, 3.63) is 16.9 Å². The fraction of sp³-hybridized carbons (Fsp3) is 0.636.